The Labute approximate surface area is 106 Å². The molecular weight excluding hydrogens is 232 g/mol. The van der Waals surface area contributed by atoms with Gasteiger partial charge in [0.15, 0.2) is 0 Å². The first kappa shape index (κ1) is 14.0. The van der Waals surface area contributed by atoms with Gasteiger partial charge in [0.05, 0.1) is 0 Å². The average molecular weight is 250 g/mol. The number of hydrogen-bond acceptors (Lipinski definition) is 3. The lowest BCUT2D eigenvalue weighted by molar-refractivity contribution is -0.119. The van der Waals surface area contributed by atoms with Crippen molar-refractivity contribution in [2.24, 2.45) is 0 Å². The van der Waals surface area contributed by atoms with Crippen LogP contribution in [0.1, 0.15) is 24.9 Å². The van der Waals surface area contributed by atoms with Crippen molar-refractivity contribution in [3.63, 3.8) is 0 Å². The molecule has 0 atom stereocenters. The second-order valence-corrected chi connectivity index (χ2v) is 3.91. The fraction of sp³-hybridized carbons (Fsp3) is 0.385. The first-order valence-electron chi connectivity index (χ1n) is 5.84. The number of rotatable bonds is 6. The van der Waals surface area contributed by atoms with E-state index in [1.807, 2.05) is 13.0 Å². The summed E-state index contributed by atoms with van der Waals surface area (Å²) in [5.41, 5.74) is 0. The van der Waals surface area contributed by atoms with Crippen molar-refractivity contribution in [2.75, 3.05) is 13.1 Å². The number of furan rings is 1. The number of carbonyl (C=O) groups is 2. The number of aryl methyl sites for hydroxylation is 1. The van der Waals surface area contributed by atoms with Crippen LogP contribution in [0.15, 0.2) is 22.6 Å². The summed E-state index contributed by atoms with van der Waals surface area (Å²) in [6, 6.07) is 3.64. The van der Waals surface area contributed by atoms with Crippen LogP contribution in [0.5, 0.6) is 0 Å². The summed E-state index contributed by atoms with van der Waals surface area (Å²) in [6.07, 6.45) is 3.76. The van der Waals surface area contributed by atoms with E-state index in [4.69, 9.17) is 4.42 Å². The molecule has 0 bridgehead atoms. The minimum Gasteiger partial charge on any atom is -0.462 e. The lowest BCUT2D eigenvalue weighted by Gasteiger charge is -2.02. The molecule has 0 aliphatic carbocycles. The Morgan fingerprint density at radius 1 is 1.28 bits per heavy atom. The highest BCUT2D eigenvalue weighted by Crippen LogP contribution is 2.07. The summed E-state index contributed by atoms with van der Waals surface area (Å²) in [5, 5.41) is 5.37. The SMILES string of the molecule is CC(=O)NCCCNC(=O)C=Cc1ccc(C)o1. The first-order chi connectivity index (χ1) is 8.58. The Balaban J connectivity index is 2.17. The van der Waals surface area contributed by atoms with Gasteiger partial charge in [-0.05, 0) is 31.6 Å². The second kappa shape index (κ2) is 7.32. The van der Waals surface area contributed by atoms with Crippen molar-refractivity contribution < 1.29 is 14.0 Å². The largest absolute Gasteiger partial charge is 0.462 e. The van der Waals surface area contributed by atoms with Gasteiger partial charge in [0.1, 0.15) is 11.5 Å². The highest BCUT2D eigenvalue weighted by Gasteiger charge is 1.97. The van der Waals surface area contributed by atoms with Crippen molar-refractivity contribution in [1.29, 1.82) is 0 Å². The van der Waals surface area contributed by atoms with Gasteiger partial charge >= 0.3 is 0 Å². The fourth-order valence-corrected chi connectivity index (χ4v) is 1.32. The summed E-state index contributed by atoms with van der Waals surface area (Å²) in [5.74, 6) is 1.23. The zero-order chi connectivity index (χ0) is 13.4. The molecule has 1 aromatic rings. The van der Waals surface area contributed by atoms with E-state index < -0.39 is 0 Å². The van der Waals surface area contributed by atoms with Crippen LogP contribution in [-0.2, 0) is 9.59 Å². The Kier molecular flexibility index (Phi) is 5.70. The third-order valence-corrected chi connectivity index (χ3v) is 2.19. The second-order valence-electron chi connectivity index (χ2n) is 3.91. The van der Waals surface area contributed by atoms with E-state index in [2.05, 4.69) is 10.6 Å². The van der Waals surface area contributed by atoms with Crippen molar-refractivity contribution in [2.45, 2.75) is 20.3 Å². The van der Waals surface area contributed by atoms with Crippen LogP contribution in [0.3, 0.4) is 0 Å². The lowest BCUT2D eigenvalue weighted by Crippen LogP contribution is -2.27. The third-order valence-electron chi connectivity index (χ3n) is 2.19. The number of carbonyl (C=O) groups excluding carboxylic acids is 2. The minimum absolute atomic E-state index is 0.0607. The molecule has 0 unspecified atom stereocenters. The molecule has 1 aromatic heterocycles. The van der Waals surface area contributed by atoms with Gasteiger partial charge in [-0.3, -0.25) is 9.59 Å². The molecule has 0 saturated heterocycles. The zero-order valence-electron chi connectivity index (χ0n) is 10.7. The molecule has 2 amide bonds. The minimum atomic E-state index is -0.174. The summed E-state index contributed by atoms with van der Waals surface area (Å²) < 4.78 is 5.29. The molecule has 5 heteroatoms. The molecule has 18 heavy (non-hydrogen) atoms. The number of nitrogens with one attached hydrogen (secondary N) is 2. The average Bonchev–Trinajstić information content (AvgIpc) is 2.71. The molecule has 0 spiro atoms. The quantitative estimate of drug-likeness (QED) is 0.589. The summed E-state index contributed by atoms with van der Waals surface area (Å²) >= 11 is 0. The van der Waals surface area contributed by atoms with E-state index in [9.17, 15) is 9.59 Å². The third kappa shape index (κ3) is 5.89. The Morgan fingerprint density at radius 3 is 2.61 bits per heavy atom. The van der Waals surface area contributed by atoms with Crippen molar-refractivity contribution in [1.82, 2.24) is 10.6 Å². The van der Waals surface area contributed by atoms with Crippen LogP contribution >= 0.6 is 0 Å². The van der Waals surface area contributed by atoms with E-state index in [-0.39, 0.29) is 11.8 Å². The van der Waals surface area contributed by atoms with Crippen LogP contribution in [0, 0.1) is 6.92 Å². The standard InChI is InChI=1S/C13H18N2O3/c1-10-4-5-12(18-10)6-7-13(17)15-9-3-8-14-11(2)16/h4-7H,3,8-9H2,1-2H3,(H,14,16)(H,15,17). The summed E-state index contributed by atoms with van der Waals surface area (Å²) in [4.78, 5) is 22.0. The van der Waals surface area contributed by atoms with Crippen LogP contribution in [0.25, 0.3) is 6.08 Å². The Bertz CT molecular complexity index is 435. The molecule has 0 aromatic carbocycles. The highest BCUT2D eigenvalue weighted by atomic mass is 16.3. The monoisotopic (exact) mass is 250 g/mol. The van der Waals surface area contributed by atoms with Gasteiger partial charge in [0.2, 0.25) is 11.8 Å². The van der Waals surface area contributed by atoms with E-state index in [1.165, 1.54) is 13.0 Å². The van der Waals surface area contributed by atoms with Gasteiger partial charge in [-0.1, -0.05) is 0 Å². The van der Waals surface area contributed by atoms with E-state index in [0.29, 0.717) is 25.3 Å². The molecule has 98 valence electrons. The topological polar surface area (TPSA) is 71.3 Å². The number of amides is 2. The summed E-state index contributed by atoms with van der Waals surface area (Å²) in [6.45, 7) is 4.41. The maximum atomic E-state index is 11.4. The van der Waals surface area contributed by atoms with Crippen molar-refractivity contribution >= 4 is 17.9 Å². The van der Waals surface area contributed by atoms with Gasteiger partial charge in [-0.15, -0.1) is 0 Å². The lowest BCUT2D eigenvalue weighted by atomic mass is 10.3. The van der Waals surface area contributed by atoms with Gasteiger partial charge in [0, 0.05) is 26.1 Å². The molecule has 2 N–H and O–H groups in total. The normalized spacial score (nSPS) is 10.6. The highest BCUT2D eigenvalue weighted by molar-refractivity contribution is 5.91. The molecule has 0 aliphatic rings. The first-order valence-corrected chi connectivity index (χ1v) is 5.84. The van der Waals surface area contributed by atoms with Crippen LogP contribution in [-0.4, -0.2) is 24.9 Å². The maximum absolute atomic E-state index is 11.4. The molecule has 0 radical (unpaired) electrons. The Hall–Kier alpha value is -2.04. The van der Waals surface area contributed by atoms with Gasteiger partial charge in [-0.2, -0.15) is 0 Å². The zero-order valence-corrected chi connectivity index (χ0v) is 10.7. The molecule has 0 aliphatic heterocycles. The van der Waals surface area contributed by atoms with Gasteiger partial charge in [0.25, 0.3) is 0 Å². The fourth-order valence-electron chi connectivity index (χ4n) is 1.32. The van der Waals surface area contributed by atoms with E-state index in [0.717, 1.165) is 5.76 Å². The van der Waals surface area contributed by atoms with E-state index in [1.54, 1.807) is 12.1 Å². The van der Waals surface area contributed by atoms with Gasteiger partial charge < -0.3 is 15.1 Å². The number of hydrogen-bond donors (Lipinski definition) is 2. The van der Waals surface area contributed by atoms with Crippen molar-refractivity contribution in [3.05, 3.63) is 29.7 Å². The molecule has 0 fully saturated rings. The smallest absolute Gasteiger partial charge is 0.244 e. The van der Waals surface area contributed by atoms with E-state index >= 15 is 0 Å². The van der Waals surface area contributed by atoms with Crippen molar-refractivity contribution in [3.8, 4) is 0 Å². The molecule has 5 nitrogen and oxygen atoms in total. The molecule has 0 saturated carbocycles. The predicted molar refractivity (Wildman–Crippen MR) is 68.8 cm³/mol. The predicted octanol–water partition coefficient (Wildman–Crippen LogP) is 1.24. The summed E-state index contributed by atoms with van der Waals surface area (Å²) in [7, 11) is 0. The van der Waals surface area contributed by atoms with Crippen LogP contribution in [0.4, 0.5) is 0 Å². The molecular formula is C13H18N2O3. The van der Waals surface area contributed by atoms with Crippen LogP contribution in [0.2, 0.25) is 0 Å². The maximum Gasteiger partial charge on any atom is 0.244 e. The Morgan fingerprint density at radius 2 is 2.00 bits per heavy atom. The van der Waals surface area contributed by atoms with Crippen LogP contribution < -0.4 is 10.6 Å². The van der Waals surface area contributed by atoms with Gasteiger partial charge in [-0.25, -0.2) is 0 Å². The molecule has 1 rings (SSSR count). The molecule has 1 heterocycles.